The second-order valence-corrected chi connectivity index (χ2v) is 11.0. The molecule has 0 bridgehead atoms. The van der Waals surface area contributed by atoms with Gasteiger partial charge in [-0.3, -0.25) is 14.8 Å². The molecule has 3 aromatic rings. The van der Waals surface area contributed by atoms with E-state index in [0.29, 0.717) is 37.1 Å². The van der Waals surface area contributed by atoms with Gasteiger partial charge in [-0.2, -0.15) is 0 Å². The van der Waals surface area contributed by atoms with Gasteiger partial charge in [0, 0.05) is 43.3 Å². The quantitative estimate of drug-likeness (QED) is 0.0936. The minimum Gasteiger partial charge on any atom is -0.392 e. The maximum atomic E-state index is 12.5. The Morgan fingerprint density at radius 3 is 2.46 bits per heavy atom. The average Bonchev–Trinajstić information content (AvgIpc) is 3.42. The van der Waals surface area contributed by atoms with Crippen LogP contribution in [0, 0.1) is 0 Å². The number of aromatic nitrogens is 3. The van der Waals surface area contributed by atoms with Crippen molar-refractivity contribution in [3.8, 4) is 0 Å². The molecule has 0 aliphatic carbocycles. The van der Waals surface area contributed by atoms with Crippen LogP contribution < -0.4 is 10.8 Å². The van der Waals surface area contributed by atoms with Gasteiger partial charge in [-0.25, -0.2) is 5.48 Å². The lowest BCUT2D eigenvalue weighted by Gasteiger charge is -2.36. The number of nitrogens with one attached hydrogen (secondary N) is 2. The summed E-state index contributed by atoms with van der Waals surface area (Å²) in [6, 6.07) is 15.3. The highest BCUT2D eigenvalue weighted by Crippen LogP contribution is 2.39. The van der Waals surface area contributed by atoms with Crippen LogP contribution in [0.3, 0.4) is 0 Å². The lowest BCUT2D eigenvalue weighted by atomic mass is 10.0. The van der Waals surface area contributed by atoms with Crippen molar-refractivity contribution in [3.05, 3.63) is 71.5 Å². The number of carbonyl (C=O) groups is 2. The first kappa shape index (κ1) is 30.7. The second kappa shape index (κ2) is 15.6. The van der Waals surface area contributed by atoms with E-state index in [9.17, 15) is 14.7 Å². The summed E-state index contributed by atoms with van der Waals surface area (Å²) in [6.45, 7) is -0.0175. The summed E-state index contributed by atoms with van der Waals surface area (Å²) in [7, 11) is 1.90. The fourth-order valence-corrected chi connectivity index (χ4v) is 5.47. The monoisotopic (exact) mass is 583 g/mol. The second-order valence-electron chi connectivity index (χ2n) is 10.0. The van der Waals surface area contributed by atoms with Crippen LogP contribution in [0.25, 0.3) is 0 Å². The predicted octanol–water partition coefficient (Wildman–Crippen LogP) is 4.43. The van der Waals surface area contributed by atoms with Gasteiger partial charge in [-0.15, -0.1) is 10.2 Å². The molecule has 0 unspecified atom stereocenters. The molecule has 12 heteroatoms. The lowest BCUT2D eigenvalue weighted by Crippen LogP contribution is -2.31. The van der Waals surface area contributed by atoms with Gasteiger partial charge in [-0.1, -0.05) is 61.0 Å². The largest absolute Gasteiger partial charge is 0.392 e. The van der Waals surface area contributed by atoms with Gasteiger partial charge in [0.05, 0.1) is 18.8 Å². The van der Waals surface area contributed by atoms with Gasteiger partial charge in [0.15, 0.2) is 11.4 Å². The number of thioether (sulfide) groups is 1. The van der Waals surface area contributed by atoms with E-state index in [4.69, 9.17) is 14.7 Å². The van der Waals surface area contributed by atoms with Gasteiger partial charge in [0.2, 0.25) is 11.8 Å². The molecule has 3 atom stereocenters. The van der Waals surface area contributed by atoms with E-state index in [2.05, 4.69) is 15.5 Å². The minimum absolute atomic E-state index is 0.0175. The van der Waals surface area contributed by atoms with Crippen molar-refractivity contribution in [2.45, 2.75) is 75.2 Å². The van der Waals surface area contributed by atoms with Crippen molar-refractivity contribution in [3.63, 3.8) is 0 Å². The number of aryl methyl sites for hydroxylation is 1. The molecule has 1 aliphatic rings. The fourth-order valence-electron chi connectivity index (χ4n) is 4.56. The van der Waals surface area contributed by atoms with E-state index in [1.165, 1.54) is 0 Å². The number of amides is 2. The minimum atomic E-state index is -0.635. The molecular formula is C29H37N5O6S. The Morgan fingerprint density at radius 1 is 1.02 bits per heavy atom. The van der Waals surface area contributed by atoms with Crippen LogP contribution in [0.4, 0.5) is 5.69 Å². The number of ether oxygens (including phenoxy) is 2. The zero-order valence-electron chi connectivity index (χ0n) is 23.1. The van der Waals surface area contributed by atoms with Crippen molar-refractivity contribution >= 4 is 29.3 Å². The number of hydrogen-bond donors (Lipinski definition) is 4. The standard InChI is InChI=1S/C29H37N5O6S/c1-34-19-30-32-29(34)41-18-24-16-25(21-13-11-20(17-35)12-14-21)40-28(39-24)22-7-6-8-23(15-22)31-26(36)9-4-2-3-5-10-27(37)33-38/h6-8,11-15,19,24-25,28,35,38H,2-5,9-10,16-18H2,1H3,(H,31,36)(H,33,37)/t24-,25+,28+/m1/s1. The molecule has 0 radical (unpaired) electrons. The molecule has 2 amide bonds. The van der Waals surface area contributed by atoms with Gasteiger partial charge >= 0.3 is 0 Å². The summed E-state index contributed by atoms with van der Waals surface area (Å²) in [6.07, 6.45) is 5.01. The van der Waals surface area contributed by atoms with Crippen LogP contribution in [-0.4, -0.2) is 48.7 Å². The number of benzene rings is 2. The van der Waals surface area contributed by atoms with Gasteiger partial charge in [0.1, 0.15) is 6.33 Å². The Bertz CT molecular complexity index is 1270. The van der Waals surface area contributed by atoms with Crippen molar-refractivity contribution in [2.24, 2.45) is 7.05 Å². The van der Waals surface area contributed by atoms with E-state index < -0.39 is 12.2 Å². The van der Waals surface area contributed by atoms with Crippen molar-refractivity contribution in [2.75, 3.05) is 11.1 Å². The van der Waals surface area contributed by atoms with Crippen LogP contribution in [-0.2, 0) is 32.7 Å². The van der Waals surface area contributed by atoms with Gasteiger partial charge in [0.25, 0.3) is 0 Å². The summed E-state index contributed by atoms with van der Waals surface area (Å²) < 4.78 is 14.7. The van der Waals surface area contributed by atoms with Crippen LogP contribution in [0.5, 0.6) is 0 Å². The number of rotatable bonds is 14. The number of hydrogen-bond acceptors (Lipinski definition) is 9. The molecule has 1 aromatic heterocycles. The van der Waals surface area contributed by atoms with Crippen LogP contribution in [0.1, 0.15) is 74.0 Å². The molecule has 11 nitrogen and oxygen atoms in total. The van der Waals surface area contributed by atoms with Crippen LogP contribution in [0.15, 0.2) is 60.0 Å². The molecule has 4 N–H and O–H groups in total. The molecule has 0 saturated carbocycles. The van der Waals surface area contributed by atoms with Crippen molar-refractivity contribution in [1.82, 2.24) is 20.2 Å². The number of unbranched alkanes of at least 4 members (excludes halogenated alkanes) is 3. The number of anilines is 1. The van der Waals surface area contributed by atoms with Crippen molar-refractivity contribution in [1.29, 1.82) is 0 Å². The molecule has 0 spiro atoms. The van der Waals surface area contributed by atoms with Gasteiger partial charge < -0.3 is 24.5 Å². The lowest BCUT2D eigenvalue weighted by molar-refractivity contribution is -0.245. The van der Waals surface area contributed by atoms with Crippen LogP contribution in [0.2, 0.25) is 0 Å². The first-order valence-corrected chi connectivity index (χ1v) is 14.7. The molecule has 1 aliphatic heterocycles. The normalized spacial score (nSPS) is 18.7. The highest BCUT2D eigenvalue weighted by Gasteiger charge is 2.32. The number of hydroxylamine groups is 1. The smallest absolute Gasteiger partial charge is 0.243 e. The molecule has 2 aromatic carbocycles. The Balaban J connectivity index is 1.37. The molecule has 41 heavy (non-hydrogen) atoms. The molecule has 2 heterocycles. The van der Waals surface area contributed by atoms with E-state index >= 15 is 0 Å². The molecule has 4 rings (SSSR count). The third-order valence-electron chi connectivity index (χ3n) is 6.81. The number of nitrogens with zero attached hydrogens (tertiary/aromatic N) is 3. The average molecular weight is 584 g/mol. The highest BCUT2D eigenvalue weighted by atomic mass is 32.2. The maximum absolute atomic E-state index is 12.5. The SMILES string of the molecule is Cn1cnnc1SC[C@H]1C[C@@H](c2ccc(CO)cc2)O[C@@H](c2cccc(NC(=O)CCCCCCC(=O)NO)c2)O1. The number of aliphatic hydroxyl groups is 1. The maximum Gasteiger partial charge on any atom is 0.243 e. The van der Waals surface area contributed by atoms with E-state index in [1.54, 1.807) is 23.6 Å². The number of aliphatic hydroxyl groups excluding tert-OH is 1. The van der Waals surface area contributed by atoms with E-state index in [0.717, 1.165) is 34.7 Å². The summed E-state index contributed by atoms with van der Waals surface area (Å²) in [5.41, 5.74) is 4.93. The molecule has 1 saturated heterocycles. The predicted molar refractivity (Wildman–Crippen MR) is 153 cm³/mol. The fraction of sp³-hybridized carbons (Fsp3) is 0.448. The third-order valence-corrected chi connectivity index (χ3v) is 7.97. The topological polar surface area (TPSA) is 148 Å². The third kappa shape index (κ3) is 9.37. The van der Waals surface area contributed by atoms with E-state index in [1.807, 2.05) is 60.1 Å². The zero-order valence-corrected chi connectivity index (χ0v) is 23.9. The van der Waals surface area contributed by atoms with Gasteiger partial charge in [-0.05, 0) is 36.1 Å². The molecule has 1 fully saturated rings. The summed E-state index contributed by atoms with van der Waals surface area (Å²) in [5.74, 6) is 0.189. The number of carbonyl (C=O) groups excluding carboxylic acids is 2. The Labute approximate surface area is 243 Å². The molecule has 220 valence electrons. The summed E-state index contributed by atoms with van der Waals surface area (Å²) in [4.78, 5) is 23.6. The van der Waals surface area contributed by atoms with E-state index in [-0.39, 0.29) is 31.1 Å². The Morgan fingerprint density at radius 2 is 1.78 bits per heavy atom. The van der Waals surface area contributed by atoms with Crippen molar-refractivity contribution < 1.29 is 29.4 Å². The Hall–Kier alpha value is -3.29. The highest BCUT2D eigenvalue weighted by molar-refractivity contribution is 7.99. The first-order chi connectivity index (χ1) is 19.9. The molecular weight excluding hydrogens is 546 g/mol. The first-order valence-electron chi connectivity index (χ1n) is 13.8. The Kier molecular flexibility index (Phi) is 11.7. The zero-order chi connectivity index (χ0) is 29.0. The summed E-state index contributed by atoms with van der Waals surface area (Å²) >= 11 is 1.57. The summed E-state index contributed by atoms with van der Waals surface area (Å²) in [5, 5.41) is 29.8. The van der Waals surface area contributed by atoms with Crippen LogP contribution >= 0.6 is 11.8 Å².